The summed E-state index contributed by atoms with van der Waals surface area (Å²) >= 11 is 1.30. The van der Waals surface area contributed by atoms with Gasteiger partial charge in [-0.2, -0.15) is 0 Å². The van der Waals surface area contributed by atoms with Gasteiger partial charge in [-0.3, -0.25) is 9.69 Å². The summed E-state index contributed by atoms with van der Waals surface area (Å²) in [5, 5.41) is 9.95. The van der Waals surface area contributed by atoms with Crippen LogP contribution >= 0.6 is 11.8 Å². The van der Waals surface area contributed by atoms with Crippen LogP contribution in [0.5, 0.6) is 0 Å². The van der Waals surface area contributed by atoms with Gasteiger partial charge < -0.3 is 5.11 Å². The van der Waals surface area contributed by atoms with E-state index in [0.29, 0.717) is 5.57 Å². The van der Waals surface area contributed by atoms with Crippen molar-refractivity contribution in [2.75, 3.05) is 0 Å². The van der Waals surface area contributed by atoms with Crippen molar-refractivity contribution < 1.29 is 14.7 Å². The summed E-state index contributed by atoms with van der Waals surface area (Å²) in [6.45, 7) is 3.54. The van der Waals surface area contributed by atoms with E-state index in [1.54, 1.807) is 0 Å². The Balaban J connectivity index is 2.29. The highest BCUT2D eigenvalue weighted by molar-refractivity contribution is 8.03. The first kappa shape index (κ1) is 7.42. The Morgan fingerprint density at radius 1 is 1.75 bits per heavy atom. The minimum Gasteiger partial charge on any atom is -0.477 e. The smallest absolute Gasteiger partial charge is 0.353 e. The molecule has 0 aliphatic carbocycles. The molecule has 1 atom stereocenters. The van der Waals surface area contributed by atoms with Gasteiger partial charge in [-0.25, -0.2) is 4.79 Å². The Labute approximate surface area is 72.5 Å². The molecule has 2 rings (SSSR count). The Hall–Kier alpha value is -1.23. The molecule has 4 nitrogen and oxygen atoms in total. The largest absolute Gasteiger partial charge is 0.477 e. The number of fused-ring (bicyclic) bond motifs is 1. The zero-order valence-corrected chi connectivity index (χ0v) is 6.80. The fraction of sp³-hybridized carbons (Fsp3) is 0.143. The predicted octanol–water partition coefficient (Wildman–Crippen LogP) is 0.384. The van der Waals surface area contributed by atoms with E-state index in [9.17, 15) is 9.59 Å². The number of hydrogen-bond acceptors (Lipinski definition) is 3. The first-order valence-electron chi connectivity index (χ1n) is 3.24. The monoisotopic (exact) mass is 183 g/mol. The van der Waals surface area contributed by atoms with Crippen LogP contribution in [0.1, 0.15) is 0 Å². The lowest BCUT2D eigenvalue weighted by molar-refractivity contribution is -0.141. The third kappa shape index (κ3) is 0.687. The van der Waals surface area contributed by atoms with Gasteiger partial charge in [0.25, 0.3) is 5.91 Å². The standard InChI is InChI=1S/C7H5NO3S/c1-3-5(9)8-4(7(10)11)2-12-6(3)8/h2,6H,1H2,(H,10,11)/t6-/m0/s1. The zero-order chi connectivity index (χ0) is 8.88. The minimum atomic E-state index is -1.06. The van der Waals surface area contributed by atoms with Crippen LogP contribution < -0.4 is 0 Å². The number of amides is 1. The minimum absolute atomic E-state index is 0.0578. The molecule has 0 aromatic rings. The molecule has 2 aliphatic rings. The molecule has 0 saturated carbocycles. The van der Waals surface area contributed by atoms with Gasteiger partial charge >= 0.3 is 5.97 Å². The van der Waals surface area contributed by atoms with E-state index in [0.717, 1.165) is 0 Å². The average Bonchev–Trinajstić information content (AvgIpc) is 2.43. The zero-order valence-electron chi connectivity index (χ0n) is 5.98. The molecule has 1 amide bonds. The third-order valence-electron chi connectivity index (χ3n) is 1.81. The molecule has 0 aromatic heterocycles. The maximum Gasteiger partial charge on any atom is 0.353 e. The van der Waals surface area contributed by atoms with Crippen LogP contribution in [0.15, 0.2) is 23.3 Å². The summed E-state index contributed by atoms with van der Waals surface area (Å²) < 4.78 is 0. The molecule has 0 bridgehead atoms. The maximum absolute atomic E-state index is 11.1. The molecule has 2 aliphatic heterocycles. The fourth-order valence-corrected chi connectivity index (χ4v) is 2.24. The van der Waals surface area contributed by atoms with Gasteiger partial charge in [0, 0.05) is 11.0 Å². The molecular formula is C7H5NO3S. The van der Waals surface area contributed by atoms with E-state index in [2.05, 4.69) is 6.58 Å². The molecule has 0 aromatic carbocycles. The first-order valence-corrected chi connectivity index (χ1v) is 4.18. The van der Waals surface area contributed by atoms with Crippen molar-refractivity contribution in [2.45, 2.75) is 5.37 Å². The number of carbonyl (C=O) groups excluding carboxylic acids is 1. The summed E-state index contributed by atoms with van der Waals surface area (Å²) in [6.07, 6.45) is 0. The number of hydrogen-bond donors (Lipinski definition) is 1. The number of nitrogens with zero attached hydrogens (tertiary/aromatic N) is 1. The second-order valence-corrected chi connectivity index (χ2v) is 3.45. The summed E-state index contributed by atoms with van der Waals surface area (Å²) in [5.74, 6) is -1.34. The van der Waals surface area contributed by atoms with Crippen molar-refractivity contribution in [3.05, 3.63) is 23.3 Å². The predicted molar refractivity (Wildman–Crippen MR) is 43.1 cm³/mol. The van der Waals surface area contributed by atoms with E-state index in [1.165, 1.54) is 22.1 Å². The quantitative estimate of drug-likeness (QED) is 0.471. The number of β-lactam (4-membered cyclic amide) rings is 1. The van der Waals surface area contributed by atoms with Gasteiger partial charge in [0.1, 0.15) is 11.1 Å². The number of carbonyl (C=O) groups is 2. The van der Waals surface area contributed by atoms with E-state index < -0.39 is 5.97 Å². The van der Waals surface area contributed by atoms with Crippen LogP contribution in [0.3, 0.4) is 0 Å². The second-order valence-electron chi connectivity index (χ2n) is 2.50. The number of aliphatic carboxylic acids is 1. The third-order valence-corrected chi connectivity index (χ3v) is 2.93. The summed E-state index contributed by atoms with van der Waals surface area (Å²) in [7, 11) is 0. The number of carboxylic acid groups (broad SMARTS) is 1. The van der Waals surface area contributed by atoms with Crippen LogP contribution in [-0.4, -0.2) is 27.3 Å². The molecular weight excluding hydrogens is 178 g/mol. The molecule has 12 heavy (non-hydrogen) atoms. The topological polar surface area (TPSA) is 57.6 Å². The van der Waals surface area contributed by atoms with Gasteiger partial charge in [0.05, 0.1) is 0 Å². The summed E-state index contributed by atoms with van der Waals surface area (Å²) in [4.78, 5) is 22.9. The highest BCUT2D eigenvalue weighted by Gasteiger charge is 2.48. The summed E-state index contributed by atoms with van der Waals surface area (Å²) in [6, 6.07) is 0. The van der Waals surface area contributed by atoms with Gasteiger partial charge in [-0.1, -0.05) is 6.58 Å². The van der Waals surface area contributed by atoms with Crippen molar-refractivity contribution in [1.29, 1.82) is 0 Å². The lowest BCUT2D eigenvalue weighted by atomic mass is 10.1. The van der Waals surface area contributed by atoms with Crippen molar-refractivity contribution in [2.24, 2.45) is 0 Å². The average molecular weight is 183 g/mol. The molecule has 62 valence electrons. The molecule has 5 heteroatoms. The van der Waals surface area contributed by atoms with E-state index in [4.69, 9.17) is 5.11 Å². The Morgan fingerprint density at radius 3 is 3.00 bits per heavy atom. The SMILES string of the molecule is C=C1C(=O)N2C(C(=O)O)=CS[C@@H]12. The van der Waals surface area contributed by atoms with Crippen molar-refractivity contribution >= 4 is 23.6 Å². The highest BCUT2D eigenvalue weighted by atomic mass is 32.2. The van der Waals surface area contributed by atoms with Crippen molar-refractivity contribution in [3.8, 4) is 0 Å². The summed E-state index contributed by atoms with van der Waals surface area (Å²) in [5.41, 5.74) is 0.537. The lowest BCUT2D eigenvalue weighted by Crippen LogP contribution is -2.50. The van der Waals surface area contributed by atoms with Crippen LogP contribution in [-0.2, 0) is 9.59 Å². The molecule has 0 spiro atoms. The van der Waals surface area contributed by atoms with Crippen molar-refractivity contribution in [3.63, 3.8) is 0 Å². The Morgan fingerprint density at radius 2 is 2.42 bits per heavy atom. The number of rotatable bonds is 1. The molecule has 2 heterocycles. The first-order chi connectivity index (χ1) is 5.63. The second kappa shape index (κ2) is 2.13. The Bertz CT molecular complexity index is 334. The van der Waals surface area contributed by atoms with Crippen LogP contribution in [0.4, 0.5) is 0 Å². The van der Waals surface area contributed by atoms with Gasteiger partial charge in [0.15, 0.2) is 0 Å². The van der Waals surface area contributed by atoms with Crippen molar-refractivity contribution in [1.82, 2.24) is 4.90 Å². The Kier molecular flexibility index (Phi) is 1.32. The number of thioether (sulfide) groups is 1. The normalized spacial score (nSPS) is 26.5. The van der Waals surface area contributed by atoms with E-state index in [-0.39, 0.29) is 17.0 Å². The molecule has 0 unspecified atom stereocenters. The molecule has 1 N–H and O–H groups in total. The lowest BCUT2D eigenvalue weighted by Gasteiger charge is -2.36. The van der Waals surface area contributed by atoms with Crippen LogP contribution in [0.2, 0.25) is 0 Å². The van der Waals surface area contributed by atoms with Crippen LogP contribution in [0.25, 0.3) is 0 Å². The van der Waals surface area contributed by atoms with E-state index >= 15 is 0 Å². The van der Waals surface area contributed by atoms with E-state index in [1.807, 2.05) is 0 Å². The van der Waals surface area contributed by atoms with Gasteiger partial charge in [-0.15, -0.1) is 11.8 Å². The number of carboxylic acids is 1. The van der Waals surface area contributed by atoms with Gasteiger partial charge in [-0.05, 0) is 0 Å². The molecule has 0 radical (unpaired) electrons. The molecule has 1 saturated heterocycles. The van der Waals surface area contributed by atoms with Gasteiger partial charge in [0.2, 0.25) is 0 Å². The maximum atomic E-state index is 11.1. The highest BCUT2D eigenvalue weighted by Crippen LogP contribution is 2.43. The molecule has 1 fully saturated rings. The fourth-order valence-electron chi connectivity index (χ4n) is 1.17. The van der Waals surface area contributed by atoms with Crippen LogP contribution in [0, 0.1) is 0 Å².